The smallest absolute Gasteiger partial charge is 0.240 e. The van der Waals surface area contributed by atoms with Crippen LogP contribution < -0.4 is 5.32 Å². The molecule has 4 fully saturated rings. The van der Waals surface area contributed by atoms with E-state index in [4.69, 9.17) is 4.84 Å². The van der Waals surface area contributed by atoms with Crippen LogP contribution in [0.25, 0.3) is 0 Å². The molecule has 1 heterocycles. The number of likely N-dealkylation sites (N-methyl/N-ethyl adjacent to an activating group) is 1. The minimum absolute atomic E-state index is 0.0365. The molecule has 0 spiro atoms. The molecule has 2 bridgehead atoms. The zero-order valence-corrected chi connectivity index (χ0v) is 27.1. The number of rotatable bonds is 14. The van der Waals surface area contributed by atoms with E-state index < -0.39 is 6.04 Å². The molecule has 5 rings (SSSR count). The van der Waals surface area contributed by atoms with Crippen LogP contribution in [0.1, 0.15) is 78.4 Å². The standard InChI is InChI=1S/C34H58N4O3/c1-9-28-31(22-39)41-38(32(28)33(40)35-30-19-27-18-29(24(30)4)34(27,5)6)21-26-12-10-11-25(17-26)20-37(14-13-23(2)3)16-15-36(7)8/h10-12,17,23-24,27-32,39H,9,13-16,18-22H2,1-8H3,(H,35,40)/t24-,27+,28+,29-,30-,31-,32-/m0/s1. The molecule has 0 radical (unpaired) electrons. The summed E-state index contributed by atoms with van der Waals surface area (Å²) in [5.74, 6) is 2.55. The molecule has 1 aliphatic heterocycles. The predicted molar refractivity (Wildman–Crippen MR) is 166 cm³/mol. The Balaban J connectivity index is 1.45. The van der Waals surface area contributed by atoms with Crippen molar-refractivity contribution in [1.82, 2.24) is 20.2 Å². The Morgan fingerprint density at radius 2 is 1.90 bits per heavy atom. The van der Waals surface area contributed by atoms with Gasteiger partial charge in [0.05, 0.1) is 13.2 Å². The number of hydrogen-bond donors (Lipinski definition) is 2. The Labute approximate surface area is 249 Å². The number of aliphatic hydroxyl groups excluding tert-OH is 1. The molecule has 2 N–H and O–H groups in total. The first-order valence-electron chi connectivity index (χ1n) is 16.2. The van der Waals surface area contributed by atoms with Crippen molar-refractivity contribution in [2.75, 3.05) is 40.3 Å². The molecule has 232 valence electrons. The first-order chi connectivity index (χ1) is 19.4. The molecule has 0 aromatic heterocycles. The van der Waals surface area contributed by atoms with Gasteiger partial charge in [-0.2, -0.15) is 5.06 Å². The minimum Gasteiger partial charge on any atom is -0.394 e. The van der Waals surface area contributed by atoms with Gasteiger partial charge in [-0.25, -0.2) is 0 Å². The quantitative estimate of drug-likeness (QED) is 0.335. The number of amides is 1. The van der Waals surface area contributed by atoms with Crippen LogP contribution >= 0.6 is 0 Å². The molecule has 1 saturated heterocycles. The normalized spacial score (nSPS) is 31.2. The van der Waals surface area contributed by atoms with E-state index in [9.17, 15) is 9.90 Å². The predicted octanol–water partition coefficient (Wildman–Crippen LogP) is 4.79. The molecule has 0 unspecified atom stereocenters. The topological polar surface area (TPSA) is 68.3 Å². The number of aliphatic hydroxyl groups is 1. The highest BCUT2D eigenvalue weighted by atomic mass is 16.7. The van der Waals surface area contributed by atoms with E-state index in [0.717, 1.165) is 44.6 Å². The molecule has 1 aromatic carbocycles. The monoisotopic (exact) mass is 570 g/mol. The highest BCUT2D eigenvalue weighted by molar-refractivity contribution is 5.82. The number of hydroxylamine groups is 2. The fraction of sp³-hybridized carbons (Fsp3) is 0.794. The molecule has 7 nitrogen and oxygen atoms in total. The van der Waals surface area contributed by atoms with Crippen LogP contribution in [0.15, 0.2) is 24.3 Å². The number of carbonyl (C=O) groups is 1. The SMILES string of the molecule is CC[C@@H]1[C@H](CO)ON(Cc2cccc(CN(CCC(C)C)CCN(C)C)c2)[C@@H]1C(=O)N[C@H]1C[C@H]2C[C@@H]([C@@H]1C)C2(C)C. The number of fused-ring (bicyclic) bond motifs is 2. The highest BCUT2D eigenvalue weighted by Crippen LogP contribution is 2.61. The molecule has 41 heavy (non-hydrogen) atoms. The van der Waals surface area contributed by atoms with Crippen molar-refractivity contribution in [3.8, 4) is 0 Å². The molecule has 3 aliphatic carbocycles. The number of nitrogens with one attached hydrogen (secondary N) is 1. The highest BCUT2D eigenvalue weighted by Gasteiger charge is 2.57. The molecule has 4 aliphatic rings. The van der Waals surface area contributed by atoms with Crippen LogP contribution in [0, 0.1) is 35.0 Å². The summed E-state index contributed by atoms with van der Waals surface area (Å²) >= 11 is 0. The molecular formula is C34H58N4O3. The molecular weight excluding hydrogens is 512 g/mol. The Morgan fingerprint density at radius 1 is 1.17 bits per heavy atom. The van der Waals surface area contributed by atoms with E-state index in [0.29, 0.717) is 35.6 Å². The van der Waals surface area contributed by atoms with Crippen LogP contribution in [0.3, 0.4) is 0 Å². The maximum absolute atomic E-state index is 13.9. The third-order valence-corrected chi connectivity index (χ3v) is 10.7. The van der Waals surface area contributed by atoms with Crippen LogP contribution in [0.4, 0.5) is 0 Å². The Kier molecular flexibility index (Phi) is 10.9. The largest absolute Gasteiger partial charge is 0.394 e. The Morgan fingerprint density at radius 3 is 2.51 bits per heavy atom. The van der Waals surface area contributed by atoms with Gasteiger partial charge in [-0.05, 0) is 86.5 Å². The second-order valence-electron chi connectivity index (χ2n) is 14.6. The van der Waals surface area contributed by atoms with Gasteiger partial charge in [-0.1, -0.05) is 65.8 Å². The number of benzene rings is 1. The van der Waals surface area contributed by atoms with Crippen LogP contribution in [-0.2, 0) is 22.7 Å². The van der Waals surface area contributed by atoms with Crippen molar-refractivity contribution in [3.63, 3.8) is 0 Å². The molecule has 1 amide bonds. The molecule has 1 aromatic rings. The van der Waals surface area contributed by atoms with E-state index in [1.54, 1.807) is 0 Å². The van der Waals surface area contributed by atoms with Crippen molar-refractivity contribution in [3.05, 3.63) is 35.4 Å². The molecule has 7 atom stereocenters. The average molecular weight is 571 g/mol. The summed E-state index contributed by atoms with van der Waals surface area (Å²) in [6.07, 6.45) is 3.98. The van der Waals surface area contributed by atoms with Crippen molar-refractivity contribution in [2.45, 2.75) is 98.5 Å². The zero-order valence-electron chi connectivity index (χ0n) is 27.1. The number of hydrogen-bond acceptors (Lipinski definition) is 6. The van der Waals surface area contributed by atoms with E-state index in [-0.39, 0.29) is 30.6 Å². The van der Waals surface area contributed by atoms with E-state index in [1.165, 1.54) is 18.4 Å². The number of nitrogens with zero attached hydrogens (tertiary/aromatic N) is 3. The average Bonchev–Trinajstić information content (AvgIpc) is 3.28. The van der Waals surface area contributed by atoms with Crippen molar-refractivity contribution >= 4 is 5.91 Å². The van der Waals surface area contributed by atoms with Crippen LogP contribution in [0.2, 0.25) is 0 Å². The lowest BCUT2D eigenvalue weighted by Gasteiger charge is -2.62. The Hall–Kier alpha value is -1.51. The van der Waals surface area contributed by atoms with Crippen molar-refractivity contribution in [2.24, 2.45) is 35.0 Å². The van der Waals surface area contributed by atoms with E-state index >= 15 is 0 Å². The van der Waals surface area contributed by atoms with Gasteiger partial charge in [0.2, 0.25) is 5.91 Å². The zero-order chi connectivity index (χ0) is 29.9. The second-order valence-corrected chi connectivity index (χ2v) is 14.6. The fourth-order valence-corrected chi connectivity index (χ4v) is 7.78. The lowest BCUT2D eigenvalue weighted by molar-refractivity contribution is -0.183. The summed E-state index contributed by atoms with van der Waals surface area (Å²) in [4.78, 5) is 25.0. The van der Waals surface area contributed by atoms with Gasteiger partial charge in [0.15, 0.2) is 0 Å². The summed E-state index contributed by atoms with van der Waals surface area (Å²) in [5, 5.41) is 15.5. The van der Waals surface area contributed by atoms with Crippen LogP contribution in [0.5, 0.6) is 0 Å². The summed E-state index contributed by atoms with van der Waals surface area (Å²) in [6, 6.07) is 8.55. The second kappa shape index (κ2) is 13.9. The van der Waals surface area contributed by atoms with Crippen molar-refractivity contribution in [1.29, 1.82) is 0 Å². The lowest BCUT2D eigenvalue weighted by atomic mass is 9.45. The van der Waals surface area contributed by atoms with Gasteiger partial charge in [-0.15, -0.1) is 0 Å². The summed E-state index contributed by atoms with van der Waals surface area (Å²) in [6.45, 7) is 18.3. The van der Waals surface area contributed by atoms with Crippen molar-refractivity contribution < 1.29 is 14.7 Å². The molecule has 3 saturated carbocycles. The third kappa shape index (κ3) is 7.53. The molecule has 7 heteroatoms. The number of carbonyl (C=O) groups excluding carboxylic acids is 1. The van der Waals surface area contributed by atoms with E-state index in [1.807, 2.05) is 5.06 Å². The Bertz CT molecular complexity index is 986. The van der Waals surface area contributed by atoms with Gasteiger partial charge in [-0.3, -0.25) is 14.5 Å². The third-order valence-electron chi connectivity index (χ3n) is 10.7. The first kappa shape index (κ1) is 32.4. The fourth-order valence-electron chi connectivity index (χ4n) is 7.78. The van der Waals surface area contributed by atoms with Gasteiger partial charge in [0.25, 0.3) is 0 Å². The maximum Gasteiger partial charge on any atom is 0.240 e. The van der Waals surface area contributed by atoms with E-state index in [2.05, 4.69) is 95.0 Å². The van der Waals surface area contributed by atoms with Gasteiger partial charge >= 0.3 is 0 Å². The summed E-state index contributed by atoms with van der Waals surface area (Å²) in [7, 11) is 4.26. The van der Waals surface area contributed by atoms with Gasteiger partial charge in [0.1, 0.15) is 12.1 Å². The summed E-state index contributed by atoms with van der Waals surface area (Å²) < 4.78 is 0. The van der Waals surface area contributed by atoms with Gasteiger partial charge in [0, 0.05) is 31.6 Å². The lowest BCUT2D eigenvalue weighted by Crippen LogP contribution is -2.62. The van der Waals surface area contributed by atoms with Crippen LogP contribution in [-0.4, -0.2) is 84.4 Å². The summed E-state index contributed by atoms with van der Waals surface area (Å²) in [5.41, 5.74) is 2.81. The first-order valence-corrected chi connectivity index (χ1v) is 16.2. The minimum atomic E-state index is -0.401. The van der Waals surface area contributed by atoms with Gasteiger partial charge < -0.3 is 15.3 Å². The maximum atomic E-state index is 13.9.